The molecule has 8 heteroatoms. The van der Waals surface area contributed by atoms with E-state index in [9.17, 15) is 4.79 Å². The minimum absolute atomic E-state index is 0.0306. The van der Waals surface area contributed by atoms with Gasteiger partial charge in [-0.3, -0.25) is 4.79 Å². The number of carbonyl (C=O) groups excluding carboxylic acids is 1. The highest BCUT2D eigenvalue weighted by Gasteiger charge is 2.12. The van der Waals surface area contributed by atoms with E-state index in [0.29, 0.717) is 11.4 Å². The van der Waals surface area contributed by atoms with Gasteiger partial charge in [-0.15, -0.1) is 5.10 Å². The minimum atomic E-state index is -0.237. The SMILES string of the molecule is COc1cc(Br)cc(C)c1NC(=O)Cn1cnc(N)n1. The number of halogens is 1. The molecule has 0 unspecified atom stereocenters. The largest absolute Gasteiger partial charge is 0.495 e. The monoisotopic (exact) mass is 339 g/mol. The molecule has 1 aromatic carbocycles. The fourth-order valence-electron chi connectivity index (χ4n) is 1.74. The van der Waals surface area contributed by atoms with Gasteiger partial charge in [0, 0.05) is 4.47 Å². The van der Waals surface area contributed by atoms with Crippen LogP contribution < -0.4 is 15.8 Å². The highest BCUT2D eigenvalue weighted by atomic mass is 79.9. The van der Waals surface area contributed by atoms with Crippen LogP contribution in [0, 0.1) is 6.92 Å². The van der Waals surface area contributed by atoms with E-state index in [1.807, 2.05) is 13.0 Å². The zero-order valence-electron chi connectivity index (χ0n) is 11.1. The lowest BCUT2D eigenvalue weighted by Gasteiger charge is -2.13. The number of nitrogens with zero attached hydrogens (tertiary/aromatic N) is 3. The number of hydrogen-bond acceptors (Lipinski definition) is 5. The minimum Gasteiger partial charge on any atom is -0.495 e. The Balaban J connectivity index is 2.15. The predicted molar refractivity (Wildman–Crippen MR) is 78.5 cm³/mol. The summed E-state index contributed by atoms with van der Waals surface area (Å²) >= 11 is 3.38. The topological polar surface area (TPSA) is 95.1 Å². The molecule has 0 radical (unpaired) electrons. The molecule has 2 aromatic rings. The molecule has 0 aliphatic rings. The van der Waals surface area contributed by atoms with Gasteiger partial charge in [-0.05, 0) is 24.6 Å². The number of hydrogen-bond donors (Lipinski definition) is 2. The first-order valence-corrected chi connectivity index (χ1v) is 6.58. The summed E-state index contributed by atoms with van der Waals surface area (Å²) in [7, 11) is 1.55. The second-order valence-corrected chi connectivity index (χ2v) is 5.06. The van der Waals surface area contributed by atoms with E-state index in [1.165, 1.54) is 11.0 Å². The molecule has 1 aromatic heterocycles. The summed E-state index contributed by atoms with van der Waals surface area (Å²) in [4.78, 5) is 15.7. The maximum Gasteiger partial charge on any atom is 0.246 e. The van der Waals surface area contributed by atoms with E-state index in [-0.39, 0.29) is 18.4 Å². The highest BCUT2D eigenvalue weighted by Crippen LogP contribution is 2.32. The predicted octanol–water partition coefficient (Wildman–Crippen LogP) is 1.58. The third kappa shape index (κ3) is 3.27. The zero-order chi connectivity index (χ0) is 14.7. The van der Waals surface area contributed by atoms with E-state index < -0.39 is 0 Å². The van der Waals surface area contributed by atoms with Crippen LogP contribution in [0.4, 0.5) is 11.6 Å². The first-order chi connectivity index (χ1) is 9.49. The van der Waals surface area contributed by atoms with Crippen LogP contribution in [-0.2, 0) is 11.3 Å². The summed E-state index contributed by atoms with van der Waals surface area (Å²) in [5, 5.41) is 6.66. The van der Waals surface area contributed by atoms with Crippen LogP contribution in [0.15, 0.2) is 22.9 Å². The van der Waals surface area contributed by atoms with E-state index in [4.69, 9.17) is 10.5 Å². The lowest BCUT2D eigenvalue weighted by molar-refractivity contribution is -0.116. The van der Waals surface area contributed by atoms with Crippen molar-refractivity contribution in [1.29, 1.82) is 0 Å². The molecule has 0 fully saturated rings. The molecular weight excluding hydrogens is 326 g/mol. The number of aryl methyl sites for hydroxylation is 1. The Kier molecular flexibility index (Phi) is 4.23. The average Bonchev–Trinajstić information content (AvgIpc) is 2.77. The molecule has 0 aliphatic carbocycles. The summed E-state index contributed by atoms with van der Waals surface area (Å²) in [6.45, 7) is 1.92. The van der Waals surface area contributed by atoms with Gasteiger partial charge in [0.1, 0.15) is 18.6 Å². The summed E-state index contributed by atoms with van der Waals surface area (Å²) in [5.41, 5.74) is 6.92. The molecule has 0 atom stereocenters. The van der Waals surface area contributed by atoms with Crippen LogP contribution in [0.1, 0.15) is 5.56 Å². The van der Waals surface area contributed by atoms with Gasteiger partial charge in [-0.25, -0.2) is 9.67 Å². The quantitative estimate of drug-likeness (QED) is 0.881. The highest BCUT2D eigenvalue weighted by molar-refractivity contribution is 9.10. The molecule has 0 spiro atoms. The van der Waals surface area contributed by atoms with Crippen LogP contribution in [0.25, 0.3) is 0 Å². The number of ether oxygens (including phenoxy) is 1. The van der Waals surface area contributed by atoms with Gasteiger partial charge in [0.25, 0.3) is 0 Å². The zero-order valence-corrected chi connectivity index (χ0v) is 12.6. The summed E-state index contributed by atoms with van der Waals surface area (Å²) in [6.07, 6.45) is 1.40. The van der Waals surface area contributed by atoms with Crippen molar-refractivity contribution < 1.29 is 9.53 Å². The Morgan fingerprint density at radius 1 is 1.55 bits per heavy atom. The van der Waals surface area contributed by atoms with Crippen LogP contribution in [0.3, 0.4) is 0 Å². The van der Waals surface area contributed by atoms with Crippen molar-refractivity contribution in [2.45, 2.75) is 13.5 Å². The molecule has 106 valence electrons. The number of nitrogens with two attached hydrogens (primary N) is 1. The van der Waals surface area contributed by atoms with Gasteiger partial charge in [0.05, 0.1) is 12.8 Å². The van der Waals surface area contributed by atoms with Crippen molar-refractivity contribution in [2.75, 3.05) is 18.2 Å². The van der Waals surface area contributed by atoms with Crippen molar-refractivity contribution in [2.24, 2.45) is 0 Å². The second-order valence-electron chi connectivity index (χ2n) is 4.15. The molecule has 3 N–H and O–H groups in total. The lowest BCUT2D eigenvalue weighted by Crippen LogP contribution is -2.20. The van der Waals surface area contributed by atoms with E-state index in [2.05, 4.69) is 31.3 Å². The van der Waals surface area contributed by atoms with Gasteiger partial charge in [0.2, 0.25) is 11.9 Å². The van der Waals surface area contributed by atoms with E-state index >= 15 is 0 Å². The standard InChI is InChI=1S/C12H14BrN5O2/c1-7-3-8(13)4-9(20-2)11(7)16-10(19)5-18-6-15-12(14)17-18/h3-4,6H,5H2,1-2H3,(H2,14,17)(H,16,19). The molecule has 2 rings (SSSR count). The smallest absolute Gasteiger partial charge is 0.246 e. The number of nitrogen functional groups attached to an aromatic ring is 1. The molecule has 1 amide bonds. The summed E-state index contributed by atoms with van der Waals surface area (Å²) in [5.74, 6) is 0.483. The van der Waals surface area contributed by atoms with Gasteiger partial charge >= 0.3 is 0 Å². The number of nitrogens with one attached hydrogen (secondary N) is 1. The molecule has 0 aliphatic heterocycles. The normalized spacial score (nSPS) is 10.3. The van der Waals surface area contributed by atoms with Crippen LogP contribution in [-0.4, -0.2) is 27.8 Å². The van der Waals surface area contributed by atoms with Crippen molar-refractivity contribution in [1.82, 2.24) is 14.8 Å². The number of benzene rings is 1. The average molecular weight is 340 g/mol. The number of anilines is 2. The van der Waals surface area contributed by atoms with Crippen molar-refractivity contribution >= 4 is 33.5 Å². The van der Waals surface area contributed by atoms with Gasteiger partial charge < -0.3 is 15.8 Å². The molecule has 0 saturated carbocycles. The molecule has 0 bridgehead atoms. The third-order valence-electron chi connectivity index (χ3n) is 2.61. The molecule has 0 saturated heterocycles. The number of aromatic nitrogens is 3. The Hall–Kier alpha value is -2.09. The third-order valence-corrected chi connectivity index (χ3v) is 3.07. The van der Waals surface area contributed by atoms with Crippen molar-refractivity contribution in [3.63, 3.8) is 0 Å². The maximum atomic E-state index is 12.0. The maximum absolute atomic E-state index is 12.0. The van der Waals surface area contributed by atoms with E-state index in [1.54, 1.807) is 13.2 Å². The Morgan fingerprint density at radius 3 is 2.90 bits per heavy atom. The molecular formula is C12H14BrN5O2. The summed E-state index contributed by atoms with van der Waals surface area (Å²) in [6, 6.07) is 3.68. The first-order valence-electron chi connectivity index (χ1n) is 5.78. The Labute approximate surface area is 124 Å². The Morgan fingerprint density at radius 2 is 2.30 bits per heavy atom. The summed E-state index contributed by atoms with van der Waals surface area (Å²) < 4.78 is 7.51. The van der Waals surface area contributed by atoms with E-state index in [0.717, 1.165) is 10.0 Å². The number of rotatable bonds is 4. The molecule has 7 nitrogen and oxygen atoms in total. The first kappa shape index (κ1) is 14.3. The molecule has 1 heterocycles. The lowest BCUT2D eigenvalue weighted by atomic mass is 10.2. The van der Waals surface area contributed by atoms with Crippen LogP contribution >= 0.6 is 15.9 Å². The van der Waals surface area contributed by atoms with Crippen molar-refractivity contribution in [3.8, 4) is 5.75 Å². The van der Waals surface area contributed by atoms with Crippen LogP contribution in [0.2, 0.25) is 0 Å². The molecule has 20 heavy (non-hydrogen) atoms. The van der Waals surface area contributed by atoms with Gasteiger partial charge in [0.15, 0.2) is 0 Å². The van der Waals surface area contributed by atoms with Gasteiger partial charge in [-0.2, -0.15) is 0 Å². The van der Waals surface area contributed by atoms with Gasteiger partial charge in [-0.1, -0.05) is 15.9 Å². The number of methoxy groups -OCH3 is 1. The second kappa shape index (κ2) is 5.91. The number of carbonyl (C=O) groups is 1. The number of amides is 1. The fraction of sp³-hybridized carbons (Fsp3) is 0.250. The van der Waals surface area contributed by atoms with Crippen LogP contribution in [0.5, 0.6) is 5.75 Å². The Bertz CT molecular complexity index is 641. The van der Waals surface area contributed by atoms with Crippen molar-refractivity contribution in [3.05, 3.63) is 28.5 Å². The fourth-order valence-corrected chi connectivity index (χ4v) is 2.30.